The number of halogens is 21. The van der Waals surface area contributed by atoms with Gasteiger partial charge in [-0.1, -0.05) is 26.2 Å². The molecule has 0 saturated carbocycles. The summed E-state index contributed by atoms with van der Waals surface area (Å²) < 4.78 is 311. The van der Waals surface area contributed by atoms with Gasteiger partial charge in [0, 0.05) is 6.61 Å². The fraction of sp³-hybridized carbons (Fsp3) is 1.00. The molecule has 0 fully saturated rings. The highest BCUT2D eigenvalue weighted by Crippen LogP contribution is 2.62. The highest BCUT2D eigenvalue weighted by molar-refractivity contribution is 7.87. The van der Waals surface area contributed by atoms with Crippen LogP contribution in [0.15, 0.2) is 0 Å². The van der Waals surface area contributed by atoms with Crippen LogP contribution in [0, 0.1) is 0 Å². The molecule has 27 heteroatoms. The Labute approximate surface area is 237 Å². The number of rotatable bonds is 18. The third kappa shape index (κ3) is 7.28. The van der Waals surface area contributed by atoms with Gasteiger partial charge < -0.3 is 4.74 Å². The van der Waals surface area contributed by atoms with Crippen LogP contribution in [-0.2, 0) is 23.8 Å². The molecule has 45 heavy (non-hydrogen) atoms. The maximum atomic E-state index is 13.9. The van der Waals surface area contributed by atoms with Crippen molar-refractivity contribution in [3.63, 3.8) is 0 Å². The second-order valence-electron chi connectivity index (χ2n) is 8.65. The van der Waals surface area contributed by atoms with Gasteiger partial charge in [-0.25, -0.2) is 0 Å². The largest absolute Gasteiger partial charge is 0.460 e. The van der Waals surface area contributed by atoms with Crippen LogP contribution in [0.1, 0.15) is 39.5 Å². The summed E-state index contributed by atoms with van der Waals surface area (Å²) in [5, 5.41) is -8.48. The van der Waals surface area contributed by atoms with Crippen LogP contribution in [0.2, 0.25) is 0 Å². The first-order valence-corrected chi connectivity index (χ1v) is 12.5. The minimum absolute atomic E-state index is 0.0409. The van der Waals surface area contributed by atoms with Crippen molar-refractivity contribution in [3.8, 4) is 0 Å². The Morgan fingerprint density at radius 1 is 0.533 bits per heavy atom. The van der Waals surface area contributed by atoms with Crippen LogP contribution in [0.25, 0.3) is 0 Å². The molecule has 0 aliphatic carbocycles. The highest BCUT2D eigenvalue weighted by atomic mass is 32.2. The Morgan fingerprint density at radius 2 is 0.933 bits per heavy atom. The van der Waals surface area contributed by atoms with E-state index in [9.17, 15) is 101 Å². The van der Waals surface area contributed by atoms with Crippen molar-refractivity contribution in [2.24, 2.45) is 0 Å². The molecule has 0 bridgehead atoms. The van der Waals surface area contributed by atoms with E-state index in [0.29, 0.717) is 12.8 Å². The van der Waals surface area contributed by atoms with Gasteiger partial charge in [-0.3, -0.25) is 4.74 Å². The van der Waals surface area contributed by atoms with Crippen molar-refractivity contribution in [1.82, 2.24) is 0 Å². The third-order valence-corrected chi connectivity index (χ3v) is 6.54. The van der Waals surface area contributed by atoms with Crippen LogP contribution in [0.3, 0.4) is 0 Å². The Balaban J connectivity index is 6.55. The van der Waals surface area contributed by atoms with Crippen molar-refractivity contribution in [3.05, 3.63) is 0 Å². The van der Waals surface area contributed by atoms with E-state index in [-0.39, 0.29) is 19.8 Å². The first-order valence-electron chi connectivity index (χ1n) is 11.1. The molecule has 1 atom stereocenters. The van der Waals surface area contributed by atoms with Crippen molar-refractivity contribution in [2.45, 2.75) is 105 Å². The molecule has 0 heterocycles. The quantitative estimate of drug-likeness (QED) is 0.0611. The van der Waals surface area contributed by atoms with Gasteiger partial charge in [0.1, 0.15) is 0 Å². The standard InChI is InChI=1S/C18H17F21O5S/c1-3-4-5-6-7-42-8(2)43-16(34,35)12(25,26)9(19,20)10(21,22)13(27,28)17(36,37)44-45(40,41)18(38,39)14(29,30)11(23,24)15(31,32)33/h8H,3-7H2,1-2H3. The lowest BCUT2D eigenvalue weighted by atomic mass is 9.97. The summed E-state index contributed by atoms with van der Waals surface area (Å²) in [4.78, 5) is 0. The van der Waals surface area contributed by atoms with Gasteiger partial charge in [0.2, 0.25) is 0 Å². The zero-order valence-electron chi connectivity index (χ0n) is 21.5. The Bertz CT molecular complexity index is 1100. The van der Waals surface area contributed by atoms with Gasteiger partial charge in [0.25, 0.3) is 0 Å². The molecular weight excluding hydrogens is 727 g/mol. The zero-order chi connectivity index (χ0) is 36.7. The molecular formula is C18H17F21O5S. The Kier molecular flexibility index (Phi) is 12.3. The predicted molar refractivity (Wildman–Crippen MR) is 101 cm³/mol. The molecule has 0 N–H and O–H groups in total. The van der Waals surface area contributed by atoms with Crippen molar-refractivity contribution >= 4 is 10.1 Å². The molecule has 0 rings (SSSR count). The van der Waals surface area contributed by atoms with E-state index in [1.165, 1.54) is 4.18 Å². The third-order valence-electron chi connectivity index (χ3n) is 5.22. The molecule has 0 aliphatic heterocycles. The monoisotopic (exact) mass is 744 g/mol. The Hall–Kier alpha value is -1.64. The van der Waals surface area contributed by atoms with E-state index in [1.807, 2.05) is 0 Å². The molecule has 0 spiro atoms. The lowest BCUT2D eigenvalue weighted by molar-refractivity contribution is -0.479. The van der Waals surface area contributed by atoms with E-state index >= 15 is 0 Å². The molecule has 0 aromatic rings. The normalized spacial score (nSPS) is 16.7. The molecule has 0 aromatic heterocycles. The number of unbranched alkanes of at least 4 members (excludes halogenated alkanes) is 3. The topological polar surface area (TPSA) is 61.8 Å². The highest BCUT2D eigenvalue weighted by Gasteiger charge is 2.93. The summed E-state index contributed by atoms with van der Waals surface area (Å²) in [6.07, 6.45) is -25.0. The summed E-state index contributed by atoms with van der Waals surface area (Å²) >= 11 is 0. The van der Waals surface area contributed by atoms with E-state index in [2.05, 4.69) is 9.47 Å². The van der Waals surface area contributed by atoms with Crippen molar-refractivity contribution < 1.29 is 114 Å². The first kappa shape index (κ1) is 43.4. The van der Waals surface area contributed by atoms with Crippen LogP contribution < -0.4 is 0 Å². The predicted octanol–water partition coefficient (Wildman–Crippen LogP) is 8.44. The van der Waals surface area contributed by atoms with Crippen LogP contribution >= 0.6 is 0 Å². The maximum Gasteiger partial charge on any atom is 0.460 e. The zero-order valence-corrected chi connectivity index (χ0v) is 22.3. The molecule has 0 saturated heterocycles. The van der Waals surface area contributed by atoms with Crippen molar-refractivity contribution in [2.75, 3.05) is 6.61 Å². The van der Waals surface area contributed by atoms with Crippen LogP contribution in [0.5, 0.6) is 0 Å². The molecule has 1 unspecified atom stereocenters. The lowest BCUT2D eigenvalue weighted by Gasteiger charge is -2.41. The molecule has 0 radical (unpaired) electrons. The fourth-order valence-corrected chi connectivity index (χ4v) is 3.54. The number of alkyl halides is 21. The maximum absolute atomic E-state index is 13.9. The van der Waals surface area contributed by atoms with Gasteiger partial charge >= 0.3 is 69.3 Å². The molecule has 0 amide bonds. The fourth-order valence-electron chi connectivity index (χ4n) is 2.61. The lowest BCUT2D eigenvalue weighted by Crippen LogP contribution is -2.72. The van der Waals surface area contributed by atoms with Gasteiger partial charge in [-0.15, -0.1) is 0 Å². The average Bonchev–Trinajstić information content (AvgIpc) is 2.81. The summed E-state index contributed by atoms with van der Waals surface area (Å²) in [7, 11) is -9.25. The summed E-state index contributed by atoms with van der Waals surface area (Å²) in [6.45, 7) is 1.23. The summed E-state index contributed by atoms with van der Waals surface area (Å²) in [5.74, 6) is -51.1. The van der Waals surface area contributed by atoms with E-state index < -0.39 is 82.2 Å². The number of hydrogen-bond acceptors (Lipinski definition) is 5. The SMILES string of the molecule is CCCCCCOC(C)OC(F)(F)C(F)(F)C(F)(F)C(F)(F)C(F)(F)C(F)(F)OS(=O)(=O)C(F)(F)C(F)(F)C(F)(F)C(F)(F)F. The van der Waals surface area contributed by atoms with Gasteiger partial charge in [-0.05, 0) is 13.3 Å². The molecule has 0 aliphatic rings. The van der Waals surface area contributed by atoms with Crippen LogP contribution in [0.4, 0.5) is 92.2 Å². The summed E-state index contributed by atoms with van der Waals surface area (Å²) in [5.41, 5.74) is 0. The van der Waals surface area contributed by atoms with Crippen LogP contribution in [-0.4, -0.2) is 80.5 Å². The molecule has 5 nitrogen and oxygen atoms in total. The minimum Gasteiger partial charge on any atom is -0.353 e. The number of ether oxygens (including phenoxy) is 2. The number of hydrogen-bond donors (Lipinski definition) is 0. The Morgan fingerprint density at radius 3 is 1.31 bits per heavy atom. The van der Waals surface area contributed by atoms with E-state index in [0.717, 1.165) is 0 Å². The van der Waals surface area contributed by atoms with Gasteiger partial charge in [-0.2, -0.15) is 105 Å². The van der Waals surface area contributed by atoms with Gasteiger partial charge in [0.05, 0.1) is 0 Å². The average molecular weight is 744 g/mol. The van der Waals surface area contributed by atoms with E-state index in [4.69, 9.17) is 0 Å². The van der Waals surface area contributed by atoms with Crippen molar-refractivity contribution in [1.29, 1.82) is 0 Å². The van der Waals surface area contributed by atoms with E-state index in [1.54, 1.807) is 6.92 Å². The second-order valence-corrected chi connectivity index (χ2v) is 10.2. The summed E-state index contributed by atoms with van der Waals surface area (Å²) in [6, 6.07) is 0. The second kappa shape index (κ2) is 12.8. The molecule has 0 aromatic carbocycles. The first-order chi connectivity index (χ1) is 19.4. The smallest absolute Gasteiger partial charge is 0.353 e. The molecule has 272 valence electrons. The minimum atomic E-state index is -9.25. The van der Waals surface area contributed by atoms with Gasteiger partial charge in [0.15, 0.2) is 6.29 Å².